The molecule has 0 saturated carbocycles. The van der Waals surface area contributed by atoms with Crippen LogP contribution >= 0.6 is 0 Å². The molecular formula is C27H28N5O3+. The van der Waals surface area contributed by atoms with E-state index in [2.05, 4.69) is 31.6 Å². The van der Waals surface area contributed by atoms with E-state index < -0.39 is 0 Å². The number of morpholine rings is 1. The number of benzene rings is 2. The molecule has 3 aromatic heterocycles. The molecule has 0 amide bonds. The summed E-state index contributed by atoms with van der Waals surface area (Å²) in [6.45, 7) is 5.35. The molecule has 8 nitrogen and oxygen atoms in total. The summed E-state index contributed by atoms with van der Waals surface area (Å²) in [6.07, 6.45) is 5.70. The minimum atomic E-state index is -0.0545. The van der Waals surface area contributed by atoms with Crippen LogP contribution in [0.1, 0.15) is 0 Å². The lowest BCUT2D eigenvalue weighted by Gasteiger charge is -2.25. The van der Waals surface area contributed by atoms with Gasteiger partial charge in [0, 0.05) is 55.6 Å². The molecule has 1 saturated heterocycles. The van der Waals surface area contributed by atoms with E-state index in [0.717, 1.165) is 78.4 Å². The Hall–Kier alpha value is -3.88. The predicted molar refractivity (Wildman–Crippen MR) is 135 cm³/mol. The third kappa shape index (κ3) is 4.00. The van der Waals surface area contributed by atoms with E-state index in [0.29, 0.717) is 5.52 Å². The number of para-hydroxylation sites is 1. The van der Waals surface area contributed by atoms with Crippen molar-refractivity contribution in [2.75, 3.05) is 32.8 Å². The normalized spacial score (nSPS) is 14.7. The number of rotatable bonds is 6. The highest BCUT2D eigenvalue weighted by atomic mass is 16.5. The Kier molecular flexibility index (Phi) is 5.60. The van der Waals surface area contributed by atoms with Crippen molar-refractivity contribution in [3.05, 3.63) is 77.6 Å². The monoisotopic (exact) mass is 470 g/mol. The Labute approximate surface area is 202 Å². The van der Waals surface area contributed by atoms with Gasteiger partial charge >= 0.3 is 0 Å². The highest BCUT2D eigenvalue weighted by molar-refractivity contribution is 5.99. The number of ether oxygens (including phenoxy) is 2. The number of nitrogens with zero attached hydrogens (tertiary/aromatic N) is 3. The molecule has 4 heterocycles. The second-order valence-corrected chi connectivity index (χ2v) is 8.90. The van der Waals surface area contributed by atoms with Crippen LogP contribution in [0.15, 0.2) is 72.0 Å². The Bertz CT molecular complexity index is 1540. The van der Waals surface area contributed by atoms with E-state index in [9.17, 15) is 4.79 Å². The van der Waals surface area contributed by atoms with Crippen molar-refractivity contribution in [1.29, 1.82) is 0 Å². The Balaban J connectivity index is 1.47. The lowest BCUT2D eigenvalue weighted by Crippen LogP contribution is -2.44. The quantitative estimate of drug-likeness (QED) is 0.373. The predicted octanol–water partition coefficient (Wildman–Crippen LogP) is 3.43. The molecule has 1 aliphatic heterocycles. The fourth-order valence-corrected chi connectivity index (χ4v) is 4.83. The third-order valence-corrected chi connectivity index (χ3v) is 6.72. The Morgan fingerprint density at radius 2 is 1.83 bits per heavy atom. The molecule has 0 bridgehead atoms. The summed E-state index contributed by atoms with van der Waals surface area (Å²) in [7, 11) is 1.77. The number of fused-ring (bicyclic) bond motifs is 2. The molecule has 0 aliphatic carbocycles. The lowest BCUT2D eigenvalue weighted by atomic mass is 10.0. The van der Waals surface area contributed by atoms with E-state index in [-0.39, 0.29) is 5.56 Å². The summed E-state index contributed by atoms with van der Waals surface area (Å²) in [5, 5.41) is 0.872. The first-order valence-electron chi connectivity index (χ1n) is 11.9. The summed E-state index contributed by atoms with van der Waals surface area (Å²) >= 11 is 0. The summed E-state index contributed by atoms with van der Waals surface area (Å²) in [5.74, 6) is 1.49. The molecule has 2 N–H and O–H groups in total. The maximum Gasteiger partial charge on any atom is 0.274 e. The van der Waals surface area contributed by atoms with Gasteiger partial charge in [-0.2, -0.15) is 0 Å². The van der Waals surface area contributed by atoms with Crippen LogP contribution in [0.3, 0.4) is 0 Å². The minimum Gasteiger partial charge on any atom is -0.452 e. The first-order valence-corrected chi connectivity index (χ1v) is 11.9. The number of hydrogen-bond acceptors (Lipinski definition) is 4. The fraction of sp³-hybridized carbons (Fsp3) is 0.259. The first-order chi connectivity index (χ1) is 17.2. The van der Waals surface area contributed by atoms with Gasteiger partial charge in [0.05, 0.1) is 13.2 Å². The largest absolute Gasteiger partial charge is 0.452 e. The zero-order chi connectivity index (χ0) is 23.8. The van der Waals surface area contributed by atoms with E-state index in [4.69, 9.17) is 9.47 Å². The van der Waals surface area contributed by atoms with Crippen molar-refractivity contribution in [3.63, 3.8) is 0 Å². The number of imidazole rings is 1. The molecule has 0 unspecified atom stereocenters. The molecule has 2 aromatic carbocycles. The summed E-state index contributed by atoms with van der Waals surface area (Å²) in [6, 6.07) is 16.0. The van der Waals surface area contributed by atoms with E-state index in [1.807, 2.05) is 48.9 Å². The van der Waals surface area contributed by atoms with Gasteiger partial charge in [-0.15, -0.1) is 0 Å². The van der Waals surface area contributed by atoms with Crippen LogP contribution in [0.5, 0.6) is 11.5 Å². The number of aryl methyl sites for hydroxylation is 1. The van der Waals surface area contributed by atoms with Crippen molar-refractivity contribution in [2.45, 2.75) is 6.54 Å². The van der Waals surface area contributed by atoms with Gasteiger partial charge in [0.2, 0.25) is 11.8 Å². The zero-order valence-electron chi connectivity index (χ0n) is 19.7. The van der Waals surface area contributed by atoms with Crippen molar-refractivity contribution >= 4 is 21.9 Å². The molecule has 178 valence electrons. The summed E-state index contributed by atoms with van der Waals surface area (Å²) in [5.41, 5.74) is 4.38. The van der Waals surface area contributed by atoms with Crippen LogP contribution in [-0.2, 0) is 18.3 Å². The van der Waals surface area contributed by atoms with Gasteiger partial charge in [-0.25, -0.2) is 9.55 Å². The summed E-state index contributed by atoms with van der Waals surface area (Å²) < 4.78 is 15.8. The molecule has 35 heavy (non-hydrogen) atoms. The molecule has 0 radical (unpaired) electrons. The van der Waals surface area contributed by atoms with Crippen LogP contribution in [0.2, 0.25) is 0 Å². The van der Waals surface area contributed by atoms with Gasteiger partial charge < -0.3 is 19.0 Å². The number of pyridine rings is 1. The summed E-state index contributed by atoms with van der Waals surface area (Å²) in [4.78, 5) is 21.6. The number of aromatic amines is 2. The molecule has 6 rings (SSSR count). The molecule has 0 spiro atoms. The van der Waals surface area contributed by atoms with Crippen molar-refractivity contribution in [1.82, 2.24) is 19.4 Å². The minimum absolute atomic E-state index is 0.0545. The molecule has 1 aliphatic rings. The van der Waals surface area contributed by atoms with Gasteiger partial charge in [-0.3, -0.25) is 9.69 Å². The van der Waals surface area contributed by atoms with Crippen molar-refractivity contribution in [3.8, 4) is 22.6 Å². The molecular weight excluding hydrogens is 442 g/mol. The van der Waals surface area contributed by atoms with Crippen LogP contribution in [0, 0.1) is 0 Å². The lowest BCUT2D eigenvalue weighted by molar-refractivity contribution is -0.670. The Morgan fingerprint density at radius 1 is 1.00 bits per heavy atom. The van der Waals surface area contributed by atoms with Crippen LogP contribution in [0.25, 0.3) is 33.1 Å². The van der Waals surface area contributed by atoms with Crippen LogP contribution < -0.4 is 14.9 Å². The molecule has 0 atom stereocenters. The van der Waals surface area contributed by atoms with Crippen molar-refractivity contribution < 1.29 is 14.0 Å². The third-order valence-electron chi connectivity index (χ3n) is 6.72. The molecule has 5 aromatic rings. The van der Waals surface area contributed by atoms with E-state index in [1.165, 1.54) is 0 Å². The average molecular weight is 471 g/mol. The van der Waals surface area contributed by atoms with Gasteiger partial charge in [-0.1, -0.05) is 18.2 Å². The maximum atomic E-state index is 12.6. The van der Waals surface area contributed by atoms with Gasteiger partial charge in [0.25, 0.3) is 5.56 Å². The molecule has 8 heteroatoms. The maximum absolute atomic E-state index is 12.6. The van der Waals surface area contributed by atoms with Crippen LogP contribution in [0.4, 0.5) is 0 Å². The van der Waals surface area contributed by atoms with Gasteiger partial charge in [0.15, 0.2) is 11.3 Å². The number of hydrogen-bond donors (Lipinski definition) is 2. The first kappa shape index (κ1) is 21.6. The zero-order valence-corrected chi connectivity index (χ0v) is 19.7. The number of nitrogens with one attached hydrogen (secondary N) is 2. The fourth-order valence-electron chi connectivity index (χ4n) is 4.83. The Morgan fingerprint density at radius 3 is 2.66 bits per heavy atom. The second kappa shape index (κ2) is 9.05. The highest BCUT2D eigenvalue weighted by Crippen LogP contribution is 2.40. The number of aromatic nitrogens is 4. The topological polar surface area (TPSA) is 79.2 Å². The van der Waals surface area contributed by atoms with E-state index >= 15 is 0 Å². The number of H-pyrrole nitrogens is 2. The average Bonchev–Trinajstić information content (AvgIpc) is 3.55. The second-order valence-electron chi connectivity index (χ2n) is 8.90. The highest BCUT2D eigenvalue weighted by Gasteiger charge is 2.23. The van der Waals surface area contributed by atoms with Gasteiger partial charge in [-0.05, 0) is 30.3 Å². The van der Waals surface area contributed by atoms with Gasteiger partial charge in [0.1, 0.15) is 17.8 Å². The van der Waals surface area contributed by atoms with E-state index in [1.54, 1.807) is 17.8 Å². The van der Waals surface area contributed by atoms with Crippen LogP contribution in [-0.4, -0.2) is 52.3 Å². The smallest absolute Gasteiger partial charge is 0.274 e. The standard InChI is InChI=1S/C27H27N5O3/c1-30-17-22(20-9-10-28-24(20)27(30)33)21-7-8-23-25(26(21)35-19-5-3-2-4-6-19)29-18-32(23)12-11-31-13-15-34-16-14-31/h2-10,17-18H,11-16H2,1H3,(H,28,33)/p+1. The SMILES string of the molecule is Cn1cc(-c2ccc3c([nH]c[n+]3CCN3CCOCC3)c2Oc2ccccc2)c2cc[nH]c2c1=O. The molecule has 1 fully saturated rings. The van der Waals surface area contributed by atoms with Crippen molar-refractivity contribution in [2.24, 2.45) is 7.05 Å².